The third kappa shape index (κ3) is 5.02. The van der Waals surface area contributed by atoms with Crippen LogP contribution < -0.4 is 5.32 Å². The van der Waals surface area contributed by atoms with Crippen molar-refractivity contribution in [3.8, 4) is 11.3 Å². The number of thiazole rings is 1. The van der Waals surface area contributed by atoms with Gasteiger partial charge in [0.05, 0.1) is 11.3 Å². The van der Waals surface area contributed by atoms with Crippen molar-refractivity contribution in [3.63, 3.8) is 0 Å². The Bertz CT molecular complexity index is 1290. The van der Waals surface area contributed by atoms with Crippen molar-refractivity contribution in [3.05, 3.63) is 76.0 Å². The van der Waals surface area contributed by atoms with Crippen molar-refractivity contribution in [1.82, 2.24) is 30.3 Å². The second-order valence-electron chi connectivity index (χ2n) is 8.55. The summed E-state index contributed by atoms with van der Waals surface area (Å²) in [5.41, 5.74) is 3.39. The summed E-state index contributed by atoms with van der Waals surface area (Å²) in [4.78, 5) is 39.3. The molecule has 0 unspecified atom stereocenters. The normalized spacial score (nSPS) is 14.3. The van der Waals surface area contributed by atoms with Crippen molar-refractivity contribution < 1.29 is 14.1 Å². The number of amides is 2. The van der Waals surface area contributed by atoms with E-state index in [4.69, 9.17) is 4.52 Å². The molecule has 4 heterocycles. The van der Waals surface area contributed by atoms with E-state index in [0.717, 1.165) is 29.1 Å². The number of imidazole rings is 1. The van der Waals surface area contributed by atoms with Gasteiger partial charge in [0.25, 0.3) is 11.8 Å². The summed E-state index contributed by atoms with van der Waals surface area (Å²) >= 11 is 1.51. The van der Waals surface area contributed by atoms with Gasteiger partial charge in [0.1, 0.15) is 22.7 Å². The summed E-state index contributed by atoms with van der Waals surface area (Å²) in [5.74, 6) is 0.528. The molecule has 0 spiro atoms. The molecule has 0 bridgehead atoms. The molecule has 0 aliphatic carbocycles. The lowest BCUT2D eigenvalue weighted by Gasteiger charge is -2.31. The number of carbonyl (C=O) groups is 2. The fourth-order valence-corrected chi connectivity index (χ4v) is 5.28. The van der Waals surface area contributed by atoms with E-state index in [-0.39, 0.29) is 17.7 Å². The number of hydrogen-bond acceptors (Lipinski definition) is 7. The summed E-state index contributed by atoms with van der Waals surface area (Å²) in [5, 5.41) is 9.81. The summed E-state index contributed by atoms with van der Waals surface area (Å²) in [6.07, 6.45) is 5.65. The molecule has 180 valence electrons. The Labute approximate surface area is 206 Å². The first-order chi connectivity index (χ1) is 17.1. The van der Waals surface area contributed by atoms with E-state index in [1.165, 1.54) is 11.3 Å². The Morgan fingerprint density at radius 1 is 1.23 bits per heavy atom. The van der Waals surface area contributed by atoms with Gasteiger partial charge in [-0.3, -0.25) is 9.59 Å². The number of piperidine rings is 1. The van der Waals surface area contributed by atoms with E-state index in [2.05, 4.69) is 25.4 Å². The molecule has 1 fully saturated rings. The summed E-state index contributed by atoms with van der Waals surface area (Å²) < 4.78 is 5.38. The molecule has 2 N–H and O–H groups in total. The first-order valence-corrected chi connectivity index (χ1v) is 12.5. The van der Waals surface area contributed by atoms with Gasteiger partial charge in [-0.1, -0.05) is 35.5 Å². The first-order valence-electron chi connectivity index (χ1n) is 11.6. The predicted octanol–water partition coefficient (Wildman–Crippen LogP) is 3.82. The molecule has 0 atom stereocenters. The number of rotatable bonds is 7. The number of nitrogens with zero attached hydrogens (tertiary/aromatic N) is 4. The van der Waals surface area contributed by atoms with Gasteiger partial charge in [-0.05, 0) is 19.8 Å². The minimum Gasteiger partial charge on any atom is -0.360 e. The van der Waals surface area contributed by atoms with Gasteiger partial charge >= 0.3 is 0 Å². The molecule has 10 heteroatoms. The van der Waals surface area contributed by atoms with E-state index in [9.17, 15) is 9.59 Å². The lowest BCUT2D eigenvalue weighted by atomic mass is 9.96. The van der Waals surface area contributed by atoms with Crippen LogP contribution in [0, 0.1) is 6.92 Å². The number of nitrogens with one attached hydrogen (secondary N) is 2. The monoisotopic (exact) mass is 490 g/mol. The number of H-pyrrole nitrogens is 1. The van der Waals surface area contributed by atoms with Crippen molar-refractivity contribution in [2.24, 2.45) is 0 Å². The van der Waals surface area contributed by atoms with Gasteiger partial charge in [0.2, 0.25) is 0 Å². The molecule has 9 nitrogen and oxygen atoms in total. The zero-order chi connectivity index (χ0) is 24.2. The van der Waals surface area contributed by atoms with Crippen LogP contribution in [-0.4, -0.2) is 56.5 Å². The predicted molar refractivity (Wildman–Crippen MR) is 131 cm³/mol. The number of likely N-dealkylation sites (tertiary alicyclic amines) is 1. The number of hydrogen-bond donors (Lipinski definition) is 2. The van der Waals surface area contributed by atoms with Crippen molar-refractivity contribution in [1.29, 1.82) is 0 Å². The largest absolute Gasteiger partial charge is 0.360 e. The number of aryl methyl sites for hydroxylation is 1. The highest BCUT2D eigenvalue weighted by molar-refractivity contribution is 7.09. The number of aromatic nitrogens is 4. The molecule has 1 aliphatic rings. The zero-order valence-electron chi connectivity index (χ0n) is 19.4. The molecule has 4 aromatic rings. The Balaban J connectivity index is 1.18. The van der Waals surface area contributed by atoms with E-state index in [1.807, 2.05) is 40.6 Å². The van der Waals surface area contributed by atoms with Crippen LogP contribution in [-0.2, 0) is 6.42 Å². The van der Waals surface area contributed by atoms with Gasteiger partial charge < -0.3 is 19.7 Å². The second-order valence-corrected chi connectivity index (χ2v) is 9.44. The quantitative estimate of drug-likeness (QED) is 0.407. The van der Waals surface area contributed by atoms with Crippen LogP contribution in [0.5, 0.6) is 0 Å². The first kappa shape index (κ1) is 23.0. The highest BCUT2D eigenvalue weighted by atomic mass is 32.1. The van der Waals surface area contributed by atoms with Gasteiger partial charge in [-0.15, -0.1) is 11.3 Å². The van der Waals surface area contributed by atoms with Gasteiger partial charge in [-0.25, -0.2) is 9.97 Å². The lowest BCUT2D eigenvalue weighted by molar-refractivity contribution is 0.0711. The number of benzene rings is 1. The van der Waals surface area contributed by atoms with Gasteiger partial charge in [-0.2, -0.15) is 0 Å². The Hall–Kier alpha value is -3.79. The average Bonchev–Trinajstić information content (AvgIpc) is 3.66. The van der Waals surface area contributed by atoms with Crippen LogP contribution >= 0.6 is 11.3 Å². The molecule has 1 aliphatic heterocycles. The fraction of sp³-hybridized carbons (Fsp3) is 0.320. The van der Waals surface area contributed by atoms with Crippen LogP contribution in [0.2, 0.25) is 0 Å². The van der Waals surface area contributed by atoms with Crippen LogP contribution in [0.3, 0.4) is 0 Å². The highest BCUT2D eigenvalue weighted by Gasteiger charge is 2.30. The molecule has 5 rings (SSSR count). The Morgan fingerprint density at radius 2 is 2.03 bits per heavy atom. The molecule has 35 heavy (non-hydrogen) atoms. The molecule has 1 saturated heterocycles. The topological polar surface area (TPSA) is 117 Å². The average molecular weight is 491 g/mol. The lowest BCUT2D eigenvalue weighted by Crippen LogP contribution is -2.38. The Morgan fingerprint density at radius 3 is 2.77 bits per heavy atom. The SMILES string of the molecule is Cc1onc(-c2ccccc2)c1C(=O)N1CCC(c2nc(C(=O)NCCc3cnc[nH]3)cs2)CC1. The molecule has 0 saturated carbocycles. The maximum absolute atomic E-state index is 13.4. The molecular formula is C25H26N6O3S. The smallest absolute Gasteiger partial charge is 0.270 e. The summed E-state index contributed by atoms with van der Waals surface area (Å²) in [7, 11) is 0. The van der Waals surface area contributed by atoms with E-state index in [0.29, 0.717) is 48.8 Å². The van der Waals surface area contributed by atoms with Crippen LogP contribution in [0.4, 0.5) is 0 Å². The number of aromatic amines is 1. The number of carbonyl (C=O) groups excluding carboxylic acids is 2. The second kappa shape index (κ2) is 10.2. The van der Waals surface area contributed by atoms with Crippen LogP contribution in [0.25, 0.3) is 11.3 Å². The van der Waals surface area contributed by atoms with E-state index < -0.39 is 0 Å². The van der Waals surface area contributed by atoms with Gasteiger partial charge in [0, 0.05) is 54.8 Å². The fourth-order valence-electron chi connectivity index (χ4n) is 4.31. The van der Waals surface area contributed by atoms with Gasteiger partial charge in [0.15, 0.2) is 0 Å². The van der Waals surface area contributed by atoms with E-state index in [1.54, 1.807) is 19.4 Å². The molecular weight excluding hydrogens is 464 g/mol. The standard InChI is InChI=1S/C25H26N6O3S/c1-16-21(22(30-34-16)17-5-3-2-4-6-17)25(33)31-11-8-18(9-12-31)24-29-20(14-35-24)23(32)27-10-7-19-13-26-15-28-19/h2-6,13-15,18H,7-12H2,1H3,(H,26,28)(H,27,32). The van der Waals surface area contributed by atoms with Crippen molar-refractivity contribution in [2.45, 2.75) is 32.1 Å². The minimum atomic E-state index is -0.170. The maximum Gasteiger partial charge on any atom is 0.270 e. The highest BCUT2D eigenvalue weighted by Crippen LogP contribution is 2.32. The van der Waals surface area contributed by atoms with E-state index >= 15 is 0 Å². The molecule has 2 amide bonds. The Kier molecular flexibility index (Phi) is 6.71. The minimum absolute atomic E-state index is 0.0578. The molecule has 3 aromatic heterocycles. The summed E-state index contributed by atoms with van der Waals surface area (Å²) in [6, 6.07) is 9.61. The van der Waals surface area contributed by atoms with Crippen LogP contribution in [0.15, 0.2) is 52.8 Å². The third-order valence-electron chi connectivity index (χ3n) is 6.24. The van der Waals surface area contributed by atoms with Crippen LogP contribution in [0.1, 0.15) is 56.1 Å². The third-order valence-corrected chi connectivity index (χ3v) is 7.25. The zero-order valence-corrected chi connectivity index (χ0v) is 20.2. The molecule has 0 radical (unpaired) electrons. The van der Waals surface area contributed by atoms with Crippen molar-refractivity contribution >= 4 is 23.2 Å². The molecule has 1 aromatic carbocycles. The van der Waals surface area contributed by atoms with Crippen molar-refractivity contribution in [2.75, 3.05) is 19.6 Å². The summed E-state index contributed by atoms with van der Waals surface area (Å²) in [6.45, 7) is 3.53. The maximum atomic E-state index is 13.4.